The highest BCUT2D eigenvalue weighted by Crippen LogP contribution is 2.39. The molecule has 0 aliphatic carbocycles. The van der Waals surface area contributed by atoms with E-state index in [9.17, 15) is 19.5 Å². The third-order valence-electron chi connectivity index (χ3n) is 6.68. The van der Waals surface area contributed by atoms with Crippen LogP contribution in [-0.2, 0) is 61.8 Å². The second-order valence-corrected chi connectivity index (χ2v) is 9.99. The van der Waals surface area contributed by atoms with Gasteiger partial charge in [-0.05, 0) is 20.8 Å². The first-order valence-electron chi connectivity index (χ1n) is 13.0. The Kier molecular flexibility index (Phi) is 13.3. The summed E-state index contributed by atoms with van der Waals surface area (Å²) in [6, 6.07) is 0. The van der Waals surface area contributed by atoms with Gasteiger partial charge in [0.15, 0.2) is 6.29 Å². The molecule has 0 saturated carbocycles. The molecule has 0 amide bonds. The molecule has 238 valence electrons. The monoisotopic (exact) mass is 602 g/mol. The van der Waals surface area contributed by atoms with Gasteiger partial charge in [0.05, 0.1) is 0 Å². The number of carbonyl (C=O) groups is 3. The van der Waals surface area contributed by atoms with Crippen molar-refractivity contribution in [2.45, 2.75) is 75.6 Å². The highest BCUT2D eigenvalue weighted by atomic mass is 16.8. The second kappa shape index (κ2) is 15.7. The summed E-state index contributed by atoms with van der Waals surface area (Å²) in [4.78, 5) is 36.5. The standard InChI is InChI=1S/C28H42O14/c1-14(2)24(30)37-11-17-19(33-7)21(35-9)22(36-10)27(40-17)42-28(13-39-26(32)16(5)6)23(29)20(34-8)18(41-28)12-38-25(31)15(3)4/h17-23,27,29H,1,3,5,11-13H2,2,4,6-10H3. The molecular weight excluding hydrogens is 560 g/mol. The van der Waals surface area contributed by atoms with Crippen LogP contribution in [0, 0.1) is 0 Å². The lowest BCUT2D eigenvalue weighted by molar-refractivity contribution is -0.387. The maximum atomic E-state index is 12.3. The summed E-state index contributed by atoms with van der Waals surface area (Å²) in [6.45, 7) is 13.8. The Balaban J connectivity index is 2.46. The average molecular weight is 603 g/mol. The van der Waals surface area contributed by atoms with Gasteiger partial charge in [-0.25, -0.2) is 14.4 Å². The minimum Gasteiger partial charge on any atom is -0.459 e. The smallest absolute Gasteiger partial charge is 0.333 e. The molecule has 0 radical (unpaired) electrons. The Hall–Kier alpha value is -2.69. The molecule has 0 aromatic rings. The summed E-state index contributed by atoms with van der Waals surface area (Å²) < 4.78 is 56.7. The van der Waals surface area contributed by atoms with Crippen molar-refractivity contribution in [3.05, 3.63) is 36.5 Å². The van der Waals surface area contributed by atoms with E-state index < -0.39 is 79.3 Å². The zero-order valence-electron chi connectivity index (χ0n) is 25.1. The normalized spacial score (nSPS) is 32.6. The number of esters is 3. The molecule has 0 aromatic heterocycles. The minimum atomic E-state index is -2.12. The maximum Gasteiger partial charge on any atom is 0.333 e. The van der Waals surface area contributed by atoms with E-state index in [1.54, 1.807) is 0 Å². The second-order valence-electron chi connectivity index (χ2n) is 9.99. The van der Waals surface area contributed by atoms with Gasteiger partial charge in [0.25, 0.3) is 0 Å². The number of hydrogen-bond donors (Lipinski definition) is 1. The fourth-order valence-corrected chi connectivity index (χ4v) is 4.46. The van der Waals surface area contributed by atoms with E-state index in [-0.39, 0.29) is 29.9 Å². The first-order valence-corrected chi connectivity index (χ1v) is 13.0. The highest BCUT2D eigenvalue weighted by molar-refractivity contribution is 5.87. The predicted molar refractivity (Wildman–Crippen MR) is 144 cm³/mol. The Bertz CT molecular complexity index is 1010. The lowest BCUT2D eigenvalue weighted by Gasteiger charge is -2.46. The minimum absolute atomic E-state index is 0.0818. The lowest BCUT2D eigenvalue weighted by atomic mass is 9.98. The number of methoxy groups -OCH3 is 4. The summed E-state index contributed by atoms with van der Waals surface area (Å²) in [5.41, 5.74) is 0.407. The molecule has 9 unspecified atom stereocenters. The van der Waals surface area contributed by atoms with E-state index in [4.69, 9.17) is 47.4 Å². The Morgan fingerprint density at radius 1 is 0.690 bits per heavy atom. The molecule has 2 heterocycles. The van der Waals surface area contributed by atoms with E-state index in [2.05, 4.69) is 19.7 Å². The van der Waals surface area contributed by atoms with Crippen LogP contribution in [0.15, 0.2) is 36.5 Å². The van der Waals surface area contributed by atoms with Crippen LogP contribution in [0.3, 0.4) is 0 Å². The van der Waals surface area contributed by atoms with Crippen molar-refractivity contribution >= 4 is 17.9 Å². The van der Waals surface area contributed by atoms with Crippen LogP contribution in [0.2, 0.25) is 0 Å². The SMILES string of the molecule is C=C(C)C(=O)OCC1OC(OC2(COC(=O)C(=C)C)OC(COC(=O)C(=C)C)C(OC)C2O)C(OC)C(OC)C1OC. The number of ether oxygens (including phenoxy) is 10. The van der Waals surface area contributed by atoms with Crippen LogP contribution in [-0.4, -0.2) is 126 Å². The third-order valence-corrected chi connectivity index (χ3v) is 6.68. The Morgan fingerprint density at radius 3 is 1.60 bits per heavy atom. The molecule has 2 rings (SSSR count). The average Bonchev–Trinajstić information content (AvgIpc) is 3.22. The van der Waals surface area contributed by atoms with Crippen molar-refractivity contribution in [1.29, 1.82) is 0 Å². The molecule has 0 spiro atoms. The van der Waals surface area contributed by atoms with Gasteiger partial charge in [0.2, 0.25) is 5.79 Å². The van der Waals surface area contributed by atoms with Crippen molar-refractivity contribution in [3.63, 3.8) is 0 Å². The van der Waals surface area contributed by atoms with E-state index in [1.165, 1.54) is 49.2 Å². The molecule has 2 fully saturated rings. The van der Waals surface area contributed by atoms with Crippen molar-refractivity contribution in [2.75, 3.05) is 48.3 Å². The molecule has 1 N–H and O–H groups in total. The van der Waals surface area contributed by atoms with Gasteiger partial charge in [-0.15, -0.1) is 0 Å². The lowest BCUT2D eigenvalue weighted by Crippen LogP contribution is -2.64. The van der Waals surface area contributed by atoms with Gasteiger partial charge in [0, 0.05) is 45.2 Å². The molecular formula is C28H42O14. The number of carbonyl (C=O) groups excluding carboxylic acids is 3. The van der Waals surface area contributed by atoms with Crippen LogP contribution >= 0.6 is 0 Å². The van der Waals surface area contributed by atoms with Crippen molar-refractivity contribution in [2.24, 2.45) is 0 Å². The number of aliphatic hydroxyl groups is 1. The molecule has 2 saturated heterocycles. The van der Waals surface area contributed by atoms with Crippen LogP contribution in [0.4, 0.5) is 0 Å². The topological polar surface area (TPSA) is 164 Å². The summed E-state index contributed by atoms with van der Waals surface area (Å²) in [6.07, 6.45) is -8.69. The first kappa shape index (κ1) is 35.5. The van der Waals surface area contributed by atoms with Gasteiger partial charge in [0.1, 0.15) is 62.5 Å². The van der Waals surface area contributed by atoms with E-state index in [0.29, 0.717) is 0 Å². The highest BCUT2D eigenvalue weighted by Gasteiger charge is 2.61. The Morgan fingerprint density at radius 2 is 1.14 bits per heavy atom. The summed E-state index contributed by atoms with van der Waals surface area (Å²) in [5, 5.41) is 11.4. The van der Waals surface area contributed by atoms with Crippen LogP contribution in [0.5, 0.6) is 0 Å². The summed E-state index contributed by atoms with van der Waals surface area (Å²) in [7, 11) is 5.53. The maximum absolute atomic E-state index is 12.3. The van der Waals surface area contributed by atoms with E-state index in [0.717, 1.165) is 0 Å². The third kappa shape index (κ3) is 8.23. The molecule has 0 bridgehead atoms. The van der Waals surface area contributed by atoms with Crippen molar-refractivity contribution < 1.29 is 66.9 Å². The predicted octanol–water partition coefficient (Wildman–Crippen LogP) is 0.602. The van der Waals surface area contributed by atoms with Crippen molar-refractivity contribution in [3.8, 4) is 0 Å². The molecule has 42 heavy (non-hydrogen) atoms. The molecule has 0 aromatic carbocycles. The number of hydrogen-bond acceptors (Lipinski definition) is 14. The molecule has 2 aliphatic heterocycles. The zero-order chi connectivity index (χ0) is 31.8. The van der Waals surface area contributed by atoms with Crippen molar-refractivity contribution in [1.82, 2.24) is 0 Å². The van der Waals surface area contributed by atoms with Crippen LogP contribution < -0.4 is 0 Å². The fraction of sp³-hybridized carbons (Fsp3) is 0.679. The van der Waals surface area contributed by atoms with Crippen LogP contribution in [0.25, 0.3) is 0 Å². The van der Waals surface area contributed by atoms with Gasteiger partial charge >= 0.3 is 17.9 Å². The van der Waals surface area contributed by atoms with Gasteiger partial charge in [-0.2, -0.15) is 0 Å². The van der Waals surface area contributed by atoms with Crippen LogP contribution in [0.1, 0.15) is 20.8 Å². The fourth-order valence-electron chi connectivity index (χ4n) is 4.46. The number of rotatable bonds is 15. The van der Waals surface area contributed by atoms with E-state index >= 15 is 0 Å². The summed E-state index contributed by atoms with van der Waals surface area (Å²) in [5.74, 6) is -4.25. The van der Waals surface area contributed by atoms with E-state index in [1.807, 2.05) is 0 Å². The number of aliphatic hydroxyl groups excluding tert-OH is 1. The molecule has 9 atom stereocenters. The van der Waals surface area contributed by atoms with Gasteiger partial charge in [-0.1, -0.05) is 19.7 Å². The zero-order valence-corrected chi connectivity index (χ0v) is 25.1. The quantitative estimate of drug-likeness (QED) is 0.157. The summed E-state index contributed by atoms with van der Waals surface area (Å²) >= 11 is 0. The molecule has 14 heteroatoms. The van der Waals surface area contributed by atoms with Gasteiger partial charge in [-0.3, -0.25) is 0 Å². The van der Waals surface area contributed by atoms with Gasteiger partial charge < -0.3 is 52.5 Å². The largest absolute Gasteiger partial charge is 0.459 e. The first-order chi connectivity index (χ1) is 19.8. The Labute approximate surface area is 245 Å². The molecule has 14 nitrogen and oxygen atoms in total. The molecule has 2 aliphatic rings.